The minimum atomic E-state index is -5.44. The van der Waals surface area contributed by atoms with Crippen molar-refractivity contribution in [2.45, 2.75) is 0 Å². The van der Waals surface area contributed by atoms with Crippen molar-refractivity contribution in [3.8, 4) is 0 Å². The molecular formula is Al3ClNa4O12Si3. The molecule has 0 fully saturated rings. The molecule has 0 aromatic rings. The Bertz CT molecular complexity index is 307. The molecule has 0 saturated carbocycles. The van der Waals surface area contributed by atoms with Gasteiger partial charge in [-0.05, 0) is 0 Å². The van der Waals surface area contributed by atoms with Crippen LogP contribution in [0, 0.1) is 0 Å². The first kappa shape index (κ1) is 45.9. The Labute approximate surface area is 248 Å². The zero-order valence-electron chi connectivity index (χ0n) is 12.5. The molecule has 0 heterocycles. The third-order valence-electron chi connectivity index (χ3n) is 0.705. The van der Waals surface area contributed by atoms with Crippen LogP contribution in [0.1, 0.15) is 0 Å². The first-order valence-corrected chi connectivity index (χ1v) is 10.4. The number of hydrogen-bond acceptors (Lipinski definition) is 12. The van der Waals surface area contributed by atoms with Gasteiger partial charge in [0.25, 0.3) is 0 Å². The van der Waals surface area contributed by atoms with Gasteiger partial charge in [-0.25, -0.2) is 0 Å². The summed E-state index contributed by atoms with van der Waals surface area (Å²) in [5.41, 5.74) is 0. The summed E-state index contributed by atoms with van der Waals surface area (Å²) in [5.74, 6) is 0. The summed E-state index contributed by atoms with van der Waals surface area (Å²) in [6.07, 6.45) is 0. The fourth-order valence-electron chi connectivity index (χ4n) is 0.352. The quantitative estimate of drug-likeness (QED) is 0.296. The molecule has 0 atom stereocenters. The Kier molecular flexibility index (Phi) is 62.2. The zero-order chi connectivity index (χ0) is 14.6. The van der Waals surface area contributed by atoms with E-state index in [1.165, 1.54) is 0 Å². The number of hydrogen-bond donors (Lipinski definition) is 0. The SMILES string of the molecule is [Cl-].[Na+].[Na+].[Na+].[Na+].[O]=[Al][O-].[O]=[Al][O][Si](=O)O[Si]([O-])([O-])O[Si](=O)[O][Al]=[O]. The Balaban J connectivity index is -0.0000000592. The molecule has 0 N–H and O–H groups in total. The molecular weight excluding hydrogens is 485 g/mol. The molecule has 0 aromatic heterocycles. The summed E-state index contributed by atoms with van der Waals surface area (Å²) >= 11 is -5.57. The maximum atomic E-state index is 10.7. The second-order valence-electron chi connectivity index (χ2n) is 1.73. The van der Waals surface area contributed by atoms with Gasteiger partial charge in [0, 0.05) is 0 Å². The monoisotopic (exact) mass is 484 g/mol. The molecule has 23 heteroatoms. The van der Waals surface area contributed by atoms with Crippen molar-refractivity contribution in [1.82, 2.24) is 0 Å². The summed E-state index contributed by atoms with van der Waals surface area (Å²) in [6.45, 7) is 0. The third kappa shape index (κ3) is 37.8. The molecule has 0 radical (unpaired) electrons. The van der Waals surface area contributed by atoms with E-state index in [-0.39, 0.29) is 131 Å². The Morgan fingerprint density at radius 1 is 0.783 bits per heavy atom. The molecule has 23 heavy (non-hydrogen) atoms. The molecule has 0 aliphatic carbocycles. The van der Waals surface area contributed by atoms with Crippen LogP contribution in [-0.2, 0) is 35.5 Å². The van der Waals surface area contributed by atoms with Gasteiger partial charge in [-0.2, -0.15) is 0 Å². The van der Waals surface area contributed by atoms with Gasteiger partial charge in [0.15, 0.2) is 0 Å². The van der Waals surface area contributed by atoms with Gasteiger partial charge in [-0.15, -0.1) is 0 Å². The molecule has 0 bridgehead atoms. The second-order valence-corrected chi connectivity index (χ2v) is 7.82. The van der Waals surface area contributed by atoms with E-state index in [0.717, 1.165) is 0 Å². The van der Waals surface area contributed by atoms with Gasteiger partial charge < -0.3 is 12.4 Å². The van der Waals surface area contributed by atoms with E-state index in [0.29, 0.717) is 0 Å². The standard InChI is InChI=1S/3Al.ClH.4Na.O8Si3.4O/c;;;;;;;;1-9(2)7-11(5,6)8-10(3)4;;;;/h;;;1H;;;;;;;;;/q;2*+1;;4*+1;-4;;;;-1/p-1. The summed E-state index contributed by atoms with van der Waals surface area (Å²) in [5, 5.41) is 0. The van der Waals surface area contributed by atoms with Crippen molar-refractivity contribution in [2.75, 3.05) is 0 Å². The van der Waals surface area contributed by atoms with E-state index in [1.54, 1.807) is 0 Å². The maximum absolute atomic E-state index is 10.7. The predicted octanol–water partition coefficient (Wildman–Crippen LogP) is -21.7. The van der Waals surface area contributed by atoms with Crippen molar-refractivity contribution in [1.29, 1.82) is 0 Å². The fraction of sp³-hybridized carbons (Fsp3) is 0. The first-order chi connectivity index (χ1) is 8.32. The molecule has 0 saturated heterocycles. The van der Waals surface area contributed by atoms with E-state index in [2.05, 4.69) is 15.2 Å². The van der Waals surface area contributed by atoms with E-state index in [4.69, 9.17) is 7.96 Å². The average molecular weight is 485 g/mol. The van der Waals surface area contributed by atoms with Gasteiger partial charge in [-0.3, -0.25) is 0 Å². The summed E-state index contributed by atoms with van der Waals surface area (Å²) in [4.78, 5) is 21.4. The predicted molar refractivity (Wildman–Crippen MR) is 42.3 cm³/mol. The summed E-state index contributed by atoms with van der Waals surface area (Å²) < 4.78 is 72.7. The summed E-state index contributed by atoms with van der Waals surface area (Å²) in [6, 6.07) is 0. The second kappa shape index (κ2) is 31.2. The molecule has 0 aromatic carbocycles. The van der Waals surface area contributed by atoms with Crippen molar-refractivity contribution in [3.05, 3.63) is 0 Å². The first-order valence-electron chi connectivity index (χ1n) is 3.46. The van der Waals surface area contributed by atoms with Crippen LogP contribution in [0.15, 0.2) is 0 Å². The molecule has 0 unspecified atom stereocenters. The summed E-state index contributed by atoms with van der Waals surface area (Å²) in [7, 11) is -12.5. The van der Waals surface area contributed by atoms with Gasteiger partial charge in [0.2, 0.25) is 0 Å². The van der Waals surface area contributed by atoms with Crippen molar-refractivity contribution < 1.29 is 180 Å². The normalized spacial score (nSPS) is 6.35. The van der Waals surface area contributed by atoms with Gasteiger partial charge in [0.1, 0.15) is 0 Å². The van der Waals surface area contributed by atoms with Crippen LogP contribution in [0.2, 0.25) is 0 Å². The van der Waals surface area contributed by atoms with E-state index in [9.17, 15) is 26.1 Å². The minimum absolute atomic E-state index is 0. The third-order valence-corrected chi connectivity index (χ3v) is 6.35. The van der Waals surface area contributed by atoms with Crippen LogP contribution in [0.25, 0.3) is 0 Å². The molecule has 0 rings (SSSR count). The Hall–Kier alpha value is 4.46. The molecule has 12 nitrogen and oxygen atoms in total. The molecule has 0 amide bonds. The van der Waals surface area contributed by atoms with Crippen molar-refractivity contribution in [2.24, 2.45) is 0 Å². The number of rotatable bonds is 8. The van der Waals surface area contributed by atoms with E-state index >= 15 is 0 Å². The van der Waals surface area contributed by atoms with Crippen LogP contribution >= 0.6 is 0 Å². The molecule has 104 valence electrons. The van der Waals surface area contributed by atoms with Crippen LogP contribution in [-0.4, -0.2) is 73.9 Å². The van der Waals surface area contributed by atoms with Gasteiger partial charge in [0.05, 0.1) is 0 Å². The zero-order valence-corrected chi connectivity index (χ0v) is 27.7. The molecule has 0 aliphatic heterocycles. The average Bonchev–Trinajstić information content (AvgIpc) is 2.16. The van der Waals surface area contributed by atoms with Crippen LogP contribution in [0.3, 0.4) is 0 Å². The number of halogens is 1. The van der Waals surface area contributed by atoms with Crippen LogP contribution < -0.4 is 144 Å². The van der Waals surface area contributed by atoms with Crippen molar-refractivity contribution >= 4 is 73.9 Å². The Morgan fingerprint density at radius 2 is 1.00 bits per heavy atom. The van der Waals surface area contributed by atoms with E-state index in [1.807, 2.05) is 0 Å². The van der Waals surface area contributed by atoms with E-state index < -0.39 is 73.9 Å². The fourth-order valence-corrected chi connectivity index (χ4v) is 4.41. The molecule has 0 aliphatic rings. The Morgan fingerprint density at radius 3 is 1.17 bits per heavy atom. The van der Waals surface area contributed by atoms with Gasteiger partial charge >= 0.3 is 241 Å². The topological polar surface area (TPSA) is 191 Å². The van der Waals surface area contributed by atoms with Gasteiger partial charge in [-0.1, -0.05) is 0 Å². The molecule has 0 spiro atoms. The van der Waals surface area contributed by atoms with Crippen LogP contribution in [0.4, 0.5) is 0 Å². The van der Waals surface area contributed by atoms with Crippen LogP contribution in [0.5, 0.6) is 0 Å². The van der Waals surface area contributed by atoms with Crippen molar-refractivity contribution in [3.63, 3.8) is 0 Å².